The van der Waals surface area contributed by atoms with Crippen LogP contribution in [0.4, 0.5) is 0 Å². The standard InChI is InChI=1S/C29H42N4O5/c1-19-11-12-23(20(19)2)33-24(28-25(37-3)9-8-10-26(28)38-4)18-22(31-33)29(36)30-21(17-27(34)35)13-16-32-14-6-5-7-15-32/h8-10,18-21,23H,5-7,11-17H2,1-4H3,(H,30,36)(H,34,35)/t19?,20?,21-,23?/m0/s1. The number of methoxy groups -OCH3 is 2. The van der Waals surface area contributed by atoms with Gasteiger partial charge in [0.25, 0.3) is 5.91 Å². The number of nitrogens with zero attached hydrogens (tertiary/aromatic N) is 3. The first-order chi connectivity index (χ1) is 18.3. The van der Waals surface area contributed by atoms with Crippen molar-refractivity contribution in [3.05, 3.63) is 30.0 Å². The highest BCUT2D eigenvalue weighted by molar-refractivity contribution is 5.94. The number of likely N-dealkylation sites (tertiary alicyclic amines) is 1. The van der Waals surface area contributed by atoms with E-state index in [1.54, 1.807) is 20.3 Å². The van der Waals surface area contributed by atoms with E-state index in [2.05, 4.69) is 24.1 Å². The Morgan fingerprint density at radius 3 is 2.37 bits per heavy atom. The average molecular weight is 527 g/mol. The molecule has 1 saturated heterocycles. The summed E-state index contributed by atoms with van der Waals surface area (Å²) >= 11 is 0. The van der Waals surface area contributed by atoms with E-state index in [4.69, 9.17) is 14.6 Å². The third-order valence-corrected chi connectivity index (χ3v) is 8.39. The van der Waals surface area contributed by atoms with Gasteiger partial charge in [-0.3, -0.25) is 14.3 Å². The highest BCUT2D eigenvalue weighted by Crippen LogP contribution is 2.45. The molecule has 208 valence electrons. The van der Waals surface area contributed by atoms with Crippen LogP contribution in [0, 0.1) is 11.8 Å². The Hall–Kier alpha value is -3.07. The first-order valence-electron chi connectivity index (χ1n) is 13.9. The Labute approximate surface area is 225 Å². The lowest BCUT2D eigenvalue weighted by Gasteiger charge is -2.28. The fourth-order valence-electron chi connectivity index (χ4n) is 5.95. The zero-order valence-corrected chi connectivity index (χ0v) is 23.1. The summed E-state index contributed by atoms with van der Waals surface area (Å²) in [5.41, 5.74) is 1.79. The zero-order chi connectivity index (χ0) is 27.2. The summed E-state index contributed by atoms with van der Waals surface area (Å²) in [4.78, 5) is 27.4. The van der Waals surface area contributed by atoms with E-state index in [9.17, 15) is 14.7 Å². The zero-order valence-electron chi connectivity index (χ0n) is 23.1. The predicted octanol–water partition coefficient (Wildman–Crippen LogP) is 4.62. The first-order valence-corrected chi connectivity index (χ1v) is 13.9. The minimum atomic E-state index is -0.923. The van der Waals surface area contributed by atoms with E-state index >= 15 is 0 Å². The van der Waals surface area contributed by atoms with Crippen LogP contribution >= 0.6 is 0 Å². The largest absolute Gasteiger partial charge is 0.496 e. The van der Waals surface area contributed by atoms with Gasteiger partial charge in [-0.2, -0.15) is 5.10 Å². The van der Waals surface area contributed by atoms with Crippen molar-refractivity contribution in [3.8, 4) is 22.8 Å². The van der Waals surface area contributed by atoms with E-state index in [1.165, 1.54) is 19.3 Å². The highest BCUT2D eigenvalue weighted by Gasteiger charge is 2.35. The molecule has 2 fully saturated rings. The number of aliphatic carboxylic acids is 1. The lowest BCUT2D eigenvalue weighted by molar-refractivity contribution is -0.137. The second-order valence-corrected chi connectivity index (χ2v) is 10.8. The van der Waals surface area contributed by atoms with E-state index < -0.39 is 12.0 Å². The van der Waals surface area contributed by atoms with Crippen LogP contribution in [0.25, 0.3) is 11.3 Å². The van der Waals surface area contributed by atoms with Gasteiger partial charge in [0.1, 0.15) is 11.5 Å². The Morgan fingerprint density at radius 2 is 1.79 bits per heavy atom. The van der Waals surface area contributed by atoms with Crippen LogP contribution in [-0.2, 0) is 4.79 Å². The molecule has 0 radical (unpaired) electrons. The van der Waals surface area contributed by atoms with Gasteiger partial charge in [-0.25, -0.2) is 0 Å². The van der Waals surface area contributed by atoms with Gasteiger partial charge in [0.05, 0.1) is 37.9 Å². The van der Waals surface area contributed by atoms with Crippen molar-refractivity contribution in [2.75, 3.05) is 33.9 Å². The third-order valence-electron chi connectivity index (χ3n) is 8.39. The van der Waals surface area contributed by atoms with Crippen LogP contribution in [0.2, 0.25) is 0 Å². The molecule has 2 heterocycles. The van der Waals surface area contributed by atoms with Crippen LogP contribution in [0.3, 0.4) is 0 Å². The predicted molar refractivity (Wildman–Crippen MR) is 146 cm³/mol. The fourth-order valence-corrected chi connectivity index (χ4v) is 5.95. The molecule has 3 unspecified atom stereocenters. The van der Waals surface area contributed by atoms with Crippen LogP contribution in [0.1, 0.15) is 75.3 Å². The number of rotatable bonds is 11. The molecule has 2 N–H and O–H groups in total. The summed E-state index contributed by atoms with van der Waals surface area (Å²) < 4.78 is 13.3. The number of nitrogens with one attached hydrogen (secondary N) is 1. The smallest absolute Gasteiger partial charge is 0.305 e. The van der Waals surface area contributed by atoms with Gasteiger partial charge in [0.2, 0.25) is 0 Å². The number of hydrogen-bond acceptors (Lipinski definition) is 6. The molecule has 2 aliphatic rings. The van der Waals surface area contributed by atoms with Gasteiger partial charge in [0.15, 0.2) is 5.69 Å². The van der Waals surface area contributed by atoms with Crippen LogP contribution < -0.4 is 14.8 Å². The SMILES string of the molecule is COc1cccc(OC)c1-c1cc(C(=O)N[C@@H](CCN2CCCCC2)CC(=O)O)nn1C1CCC(C)C1C. The molecule has 9 nitrogen and oxygen atoms in total. The number of benzene rings is 1. The molecule has 4 atom stereocenters. The maximum Gasteiger partial charge on any atom is 0.305 e. The summed E-state index contributed by atoms with van der Waals surface area (Å²) in [6.07, 6.45) is 6.10. The maximum atomic E-state index is 13.5. The third kappa shape index (κ3) is 6.31. The van der Waals surface area contributed by atoms with E-state index in [-0.39, 0.29) is 24.1 Å². The number of piperidine rings is 1. The van der Waals surface area contributed by atoms with Gasteiger partial charge < -0.3 is 24.8 Å². The summed E-state index contributed by atoms with van der Waals surface area (Å²) in [6, 6.07) is 7.06. The van der Waals surface area contributed by atoms with Gasteiger partial charge in [-0.15, -0.1) is 0 Å². The molecule has 9 heteroatoms. The molecule has 1 saturated carbocycles. The second-order valence-electron chi connectivity index (χ2n) is 10.8. The number of ether oxygens (including phenoxy) is 2. The molecule has 0 bridgehead atoms. The molecule has 0 spiro atoms. The number of amides is 1. The Morgan fingerprint density at radius 1 is 1.11 bits per heavy atom. The Bertz CT molecular complexity index is 1090. The molecule has 1 aromatic carbocycles. The summed E-state index contributed by atoms with van der Waals surface area (Å²) in [5, 5.41) is 17.3. The molecule has 1 aromatic heterocycles. The van der Waals surface area contributed by atoms with Crippen molar-refractivity contribution in [3.63, 3.8) is 0 Å². The van der Waals surface area contributed by atoms with E-state index in [1.807, 2.05) is 22.9 Å². The summed E-state index contributed by atoms with van der Waals surface area (Å²) in [5.74, 6) is 0.927. The number of carboxylic acid groups (broad SMARTS) is 1. The molecule has 1 aliphatic carbocycles. The molecular formula is C29H42N4O5. The van der Waals surface area contributed by atoms with Crippen LogP contribution in [0.5, 0.6) is 11.5 Å². The number of carbonyl (C=O) groups is 2. The van der Waals surface area contributed by atoms with Gasteiger partial charge >= 0.3 is 5.97 Å². The van der Waals surface area contributed by atoms with Crippen molar-refractivity contribution < 1.29 is 24.2 Å². The summed E-state index contributed by atoms with van der Waals surface area (Å²) in [7, 11) is 3.23. The molecular weight excluding hydrogens is 484 g/mol. The van der Waals surface area contributed by atoms with Crippen molar-refractivity contribution in [1.29, 1.82) is 0 Å². The lowest BCUT2D eigenvalue weighted by atomic mass is 9.97. The average Bonchev–Trinajstić information content (AvgIpc) is 3.50. The molecule has 2 aromatic rings. The fraction of sp³-hybridized carbons (Fsp3) is 0.621. The van der Waals surface area contributed by atoms with Crippen molar-refractivity contribution in [1.82, 2.24) is 20.0 Å². The van der Waals surface area contributed by atoms with Crippen molar-refractivity contribution >= 4 is 11.9 Å². The van der Waals surface area contributed by atoms with E-state index in [0.717, 1.165) is 43.7 Å². The highest BCUT2D eigenvalue weighted by atomic mass is 16.5. The quantitative estimate of drug-likeness (QED) is 0.440. The van der Waals surface area contributed by atoms with E-state index in [0.29, 0.717) is 29.8 Å². The minimum absolute atomic E-state index is 0.120. The van der Waals surface area contributed by atoms with Crippen molar-refractivity contribution in [2.24, 2.45) is 11.8 Å². The molecule has 1 aliphatic heterocycles. The normalized spacial score (nSPS) is 22.7. The molecule has 4 rings (SSSR count). The minimum Gasteiger partial charge on any atom is -0.496 e. The van der Waals surface area contributed by atoms with Gasteiger partial charge in [-0.1, -0.05) is 26.3 Å². The Kier molecular flexibility index (Phi) is 9.31. The number of carboxylic acids is 1. The number of carbonyl (C=O) groups excluding carboxylic acids is 1. The van der Waals surface area contributed by atoms with Gasteiger partial charge in [-0.05, 0) is 75.2 Å². The van der Waals surface area contributed by atoms with Crippen LogP contribution in [-0.4, -0.2) is 71.6 Å². The van der Waals surface area contributed by atoms with Crippen molar-refractivity contribution in [2.45, 2.75) is 70.9 Å². The number of aromatic nitrogens is 2. The number of hydrogen-bond donors (Lipinski definition) is 2. The first kappa shape index (κ1) is 28.0. The maximum absolute atomic E-state index is 13.5. The molecule has 1 amide bonds. The lowest BCUT2D eigenvalue weighted by Crippen LogP contribution is -2.40. The monoisotopic (exact) mass is 526 g/mol. The topological polar surface area (TPSA) is 106 Å². The molecule has 38 heavy (non-hydrogen) atoms. The van der Waals surface area contributed by atoms with Gasteiger partial charge in [0, 0.05) is 12.6 Å². The van der Waals surface area contributed by atoms with Crippen LogP contribution in [0.15, 0.2) is 24.3 Å². The second kappa shape index (κ2) is 12.7. The summed E-state index contributed by atoms with van der Waals surface area (Å²) in [6.45, 7) is 7.31. The Balaban J connectivity index is 1.64.